The number of halogens is 1. The van der Waals surface area contributed by atoms with Gasteiger partial charge in [0.2, 0.25) is 10.0 Å². The van der Waals surface area contributed by atoms with Crippen molar-refractivity contribution in [3.8, 4) is 0 Å². The first kappa shape index (κ1) is 17.0. The van der Waals surface area contributed by atoms with E-state index in [1.54, 1.807) is 17.8 Å². The van der Waals surface area contributed by atoms with E-state index in [4.69, 9.17) is 29.6 Å². The maximum absolute atomic E-state index is 12.9. The zero-order valence-electron chi connectivity index (χ0n) is 11.7. The number of thioether (sulfide) groups is 1. The summed E-state index contributed by atoms with van der Waals surface area (Å²) in [6, 6.07) is 4.52. The molecule has 2 N–H and O–H groups in total. The molecule has 8 heteroatoms. The van der Waals surface area contributed by atoms with Crippen LogP contribution in [0.3, 0.4) is 0 Å². The van der Waals surface area contributed by atoms with Crippen molar-refractivity contribution in [2.45, 2.75) is 30.0 Å². The monoisotopic (exact) mass is 364 g/mol. The van der Waals surface area contributed by atoms with Crippen LogP contribution in [0.25, 0.3) is 0 Å². The highest BCUT2D eigenvalue weighted by molar-refractivity contribution is 8.00. The lowest BCUT2D eigenvalue weighted by Crippen LogP contribution is -2.47. The van der Waals surface area contributed by atoms with Crippen LogP contribution in [0.15, 0.2) is 23.1 Å². The second-order valence-corrected chi connectivity index (χ2v) is 9.13. The summed E-state index contributed by atoms with van der Waals surface area (Å²) in [5.41, 5.74) is 6.08. The van der Waals surface area contributed by atoms with E-state index >= 15 is 0 Å². The minimum Gasteiger partial charge on any atom is -0.389 e. The highest BCUT2D eigenvalue weighted by Crippen LogP contribution is 2.32. The van der Waals surface area contributed by atoms with Crippen molar-refractivity contribution < 1.29 is 8.42 Å². The third kappa shape index (κ3) is 3.37. The average molecular weight is 365 g/mol. The summed E-state index contributed by atoms with van der Waals surface area (Å²) in [4.78, 5) is 0.221. The van der Waals surface area contributed by atoms with Crippen molar-refractivity contribution in [2.24, 2.45) is 5.73 Å². The van der Waals surface area contributed by atoms with E-state index in [0.29, 0.717) is 12.1 Å². The van der Waals surface area contributed by atoms with Gasteiger partial charge in [-0.15, -0.1) is 0 Å². The number of benzene rings is 1. The number of nitrogens with zero attached hydrogens (tertiary/aromatic N) is 1. The van der Waals surface area contributed by atoms with Gasteiger partial charge in [-0.05, 0) is 19.1 Å². The summed E-state index contributed by atoms with van der Waals surface area (Å²) in [5, 5.41) is 0.430. The SMILES string of the molecule is CC1SCCN(S(=O)(=O)c2cc(C(N)=S)ccc2Cl)C1C. The molecule has 2 unspecified atom stereocenters. The Kier molecular flexibility index (Phi) is 5.20. The Morgan fingerprint density at radius 1 is 1.48 bits per heavy atom. The zero-order valence-corrected chi connectivity index (χ0v) is 15.0. The van der Waals surface area contributed by atoms with Crippen molar-refractivity contribution in [3.63, 3.8) is 0 Å². The second-order valence-electron chi connectivity index (χ2n) is 4.94. The second kappa shape index (κ2) is 6.42. The van der Waals surface area contributed by atoms with Crippen molar-refractivity contribution in [1.82, 2.24) is 4.31 Å². The van der Waals surface area contributed by atoms with Crippen molar-refractivity contribution in [3.05, 3.63) is 28.8 Å². The normalized spacial score (nSPS) is 24.0. The number of rotatable bonds is 3. The van der Waals surface area contributed by atoms with E-state index in [1.165, 1.54) is 16.4 Å². The van der Waals surface area contributed by atoms with E-state index < -0.39 is 10.0 Å². The van der Waals surface area contributed by atoms with Crippen molar-refractivity contribution in [1.29, 1.82) is 0 Å². The lowest BCUT2D eigenvalue weighted by atomic mass is 10.2. The fourth-order valence-electron chi connectivity index (χ4n) is 2.23. The van der Waals surface area contributed by atoms with E-state index in [2.05, 4.69) is 0 Å². The average Bonchev–Trinajstić information content (AvgIpc) is 2.41. The standard InChI is InChI=1S/C13H17ClN2O2S3/c1-8-9(2)20-6-5-16(8)21(17,18)12-7-10(13(15)19)3-4-11(12)14/h3-4,7-9H,5-6H2,1-2H3,(H2,15,19). The molecule has 0 amide bonds. The van der Waals surface area contributed by atoms with E-state index in [0.717, 1.165) is 5.75 Å². The lowest BCUT2D eigenvalue weighted by Gasteiger charge is -2.36. The van der Waals surface area contributed by atoms with Gasteiger partial charge < -0.3 is 5.73 Å². The van der Waals surface area contributed by atoms with Crippen LogP contribution in [0.2, 0.25) is 5.02 Å². The molecule has 0 aliphatic carbocycles. The molecule has 116 valence electrons. The van der Waals surface area contributed by atoms with Crippen LogP contribution in [0, 0.1) is 0 Å². The third-order valence-electron chi connectivity index (χ3n) is 3.63. The van der Waals surface area contributed by atoms with Gasteiger partial charge in [-0.25, -0.2) is 8.42 Å². The summed E-state index contributed by atoms with van der Waals surface area (Å²) in [6.45, 7) is 4.43. The van der Waals surface area contributed by atoms with Crippen LogP contribution < -0.4 is 5.73 Å². The summed E-state index contributed by atoms with van der Waals surface area (Å²) in [7, 11) is -3.66. The van der Waals surface area contributed by atoms with Gasteiger partial charge in [-0.3, -0.25) is 0 Å². The van der Waals surface area contributed by atoms with E-state index in [9.17, 15) is 8.42 Å². The maximum Gasteiger partial charge on any atom is 0.244 e. The Hall–Kier alpha value is -0.340. The number of nitrogens with two attached hydrogens (primary N) is 1. The minimum atomic E-state index is -3.66. The number of hydrogen-bond acceptors (Lipinski definition) is 4. The topological polar surface area (TPSA) is 63.4 Å². The molecule has 0 spiro atoms. The van der Waals surface area contributed by atoms with Gasteiger partial charge in [-0.1, -0.05) is 36.8 Å². The molecule has 0 aromatic heterocycles. The molecule has 0 bridgehead atoms. The number of thiocarbonyl (C=S) groups is 1. The Morgan fingerprint density at radius 3 is 2.76 bits per heavy atom. The Bertz CT molecular complexity index is 663. The van der Waals surface area contributed by atoms with Crippen LogP contribution in [-0.2, 0) is 10.0 Å². The largest absolute Gasteiger partial charge is 0.389 e. The predicted molar refractivity (Wildman–Crippen MR) is 92.6 cm³/mol. The molecule has 1 aliphatic heterocycles. The number of hydrogen-bond donors (Lipinski definition) is 1. The lowest BCUT2D eigenvalue weighted by molar-refractivity contribution is 0.340. The fraction of sp³-hybridized carbons (Fsp3) is 0.462. The molecule has 1 aliphatic rings. The molecule has 1 saturated heterocycles. The summed E-state index contributed by atoms with van der Waals surface area (Å²) < 4.78 is 27.3. The first-order valence-electron chi connectivity index (χ1n) is 6.48. The molecule has 4 nitrogen and oxygen atoms in total. The van der Waals surface area contributed by atoms with Gasteiger partial charge in [0.05, 0.1) is 5.02 Å². The highest BCUT2D eigenvalue weighted by Gasteiger charge is 2.36. The summed E-state index contributed by atoms with van der Waals surface area (Å²) in [6.07, 6.45) is 0. The predicted octanol–water partition coefficient (Wildman–Crippen LogP) is 2.49. The Morgan fingerprint density at radius 2 is 2.14 bits per heavy atom. The Labute approximate surface area is 140 Å². The van der Waals surface area contributed by atoms with Crippen LogP contribution in [-0.4, -0.2) is 41.3 Å². The third-order valence-corrected chi connectivity index (χ3v) is 7.67. The van der Waals surface area contributed by atoms with E-state index in [1.807, 2.05) is 13.8 Å². The fourth-order valence-corrected chi connectivity index (χ4v) is 5.85. The van der Waals surface area contributed by atoms with Gasteiger partial charge in [-0.2, -0.15) is 16.1 Å². The summed E-state index contributed by atoms with van der Waals surface area (Å²) >= 11 is 12.8. The molecule has 0 saturated carbocycles. The van der Waals surface area contributed by atoms with Gasteiger partial charge in [0.15, 0.2) is 0 Å². The first-order valence-corrected chi connectivity index (χ1v) is 9.75. The maximum atomic E-state index is 12.9. The molecule has 1 fully saturated rings. The highest BCUT2D eigenvalue weighted by atomic mass is 35.5. The molecule has 2 rings (SSSR count). The smallest absolute Gasteiger partial charge is 0.244 e. The molecule has 0 radical (unpaired) electrons. The van der Waals surface area contributed by atoms with Crippen molar-refractivity contribution in [2.75, 3.05) is 12.3 Å². The molecule has 1 aromatic carbocycles. The van der Waals surface area contributed by atoms with Crippen LogP contribution in [0.4, 0.5) is 0 Å². The number of sulfonamides is 1. The van der Waals surface area contributed by atoms with Gasteiger partial charge in [0.25, 0.3) is 0 Å². The van der Waals surface area contributed by atoms with E-state index in [-0.39, 0.29) is 26.2 Å². The van der Waals surface area contributed by atoms with Crippen LogP contribution in [0.5, 0.6) is 0 Å². The van der Waals surface area contributed by atoms with Crippen LogP contribution in [0.1, 0.15) is 19.4 Å². The first-order chi connectivity index (χ1) is 9.75. The van der Waals surface area contributed by atoms with Crippen LogP contribution >= 0.6 is 35.6 Å². The van der Waals surface area contributed by atoms with Gasteiger partial charge in [0, 0.05) is 29.2 Å². The van der Waals surface area contributed by atoms with Gasteiger partial charge >= 0.3 is 0 Å². The molecule has 21 heavy (non-hydrogen) atoms. The molecular formula is C13H17ClN2O2S3. The quantitative estimate of drug-likeness (QED) is 0.835. The molecular weight excluding hydrogens is 348 g/mol. The Balaban J connectivity index is 2.48. The molecule has 2 atom stereocenters. The summed E-state index contributed by atoms with van der Waals surface area (Å²) in [5.74, 6) is 0.775. The molecule has 1 aromatic rings. The van der Waals surface area contributed by atoms with Gasteiger partial charge in [0.1, 0.15) is 9.88 Å². The molecule has 1 heterocycles. The van der Waals surface area contributed by atoms with Crippen molar-refractivity contribution >= 4 is 50.6 Å². The zero-order chi connectivity index (χ0) is 15.8. The minimum absolute atomic E-state index is 0.0698.